The Morgan fingerprint density at radius 1 is 1.08 bits per heavy atom. The molecule has 0 aliphatic carbocycles. The molecule has 0 aliphatic rings. The van der Waals surface area contributed by atoms with Gasteiger partial charge in [-0.1, -0.05) is 20.8 Å². The first-order valence-corrected chi connectivity index (χ1v) is 7.83. The molecule has 0 bridgehead atoms. The molecule has 7 heteroatoms. The number of amides is 1. The Hall–Kier alpha value is -3.22. The number of anilines is 1. The Morgan fingerprint density at radius 2 is 1.84 bits per heavy atom. The van der Waals surface area contributed by atoms with Crippen LogP contribution in [0.25, 0.3) is 5.82 Å². The highest BCUT2D eigenvalue weighted by Crippen LogP contribution is 2.23. The average molecular weight is 337 g/mol. The Labute approximate surface area is 145 Å². The maximum absolute atomic E-state index is 12.0. The third kappa shape index (κ3) is 4.20. The van der Waals surface area contributed by atoms with E-state index in [1.54, 1.807) is 59.7 Å². The zero-order valence-electron chi connectivity index (χ0n) is 14.3. The van der Waals surface area contributed by atoms with Gasteiger partial charge in [-0.25, -0.2) is 4.98 Å². The van der Waals surface area contributed by atoms with Crippen LogP contribution in [0.3, 0.4) is 0 Å². The van der Waals surface area contributed by atoms with E-state index >= 15 is 0 Å². The Balaban J connectivity index is 1.64. The van der Waals surface area contributed by atoms with Crippen molar-refractivity contribution in [1.29, 1.82) is 0 Å². The summed E-state index contributed by atoms with van der Waals surface area (Å²) in [6.45, 7) is 5.60. The number of hydrogen-bond acceptors (Lipinski definition) is 5. The standard InChI is InChI=1S/C18H19N5O2/c1-18(2,3)17(24)20-13-4-6-14(7-5-13)25-16-9-8-15(21-22-16)23-11-10-19-12-23/h4-12H,1-3H3,(H,20,24). The van der Waals surface area contributed by atoms with Gasteiger partial charge in [-0.15, -0.1) is 10.2 Å². The molecule has 3 rings (SSSR count). The second kappa shape index (κ2) is 6.72. The van der Waals surface area contributed by atoms with Crippen molar-refractivity contribution in [2.24, 2.45) is 5.41 Å². The minimum absolute atomic E-state index is 0.0397. The van der Waals surface area contributed by atoms with Gasteiger partial charge in [0.05, 0.1) is 0 Å². The van der Waals surface area contributed by atoms with Crippen molar-refractivity contribution in [3.63, 3.8) is 0 Å². The molecule has 7 nitrogen and oxygen atoms in total. The summed E-state index contributed by atoms with van der Waals surface area (Å²) in [7, 11) is 0. The summed E-state index contributed by atoms with van der Waals surface area (Å²) in [6.07, 6.45) is 5.11. The minimum atomic E-state index is -0.443. The molecule has 0 atom stereocenters. The minimum Gasteiger partial charge on any atom is -0.438 e. The molecule has 0 radical (unpaired) electrons. The van der Waals surface area contributed by atoms with Gasteiger partial charge in [0, 0.05) is 29.6 Å². The van der Waals surface area contributed by atoms with Gasteiger partial charge in [-0.05, 0) is 30.3 Å². The van der Waals surface area contributed by atoms with Crippen LogP contribution < -0.4 is 10.1 Å². The summed E-state index contributed by atoms with van der Waals surface area (Å²) in [5, 5.41) is 11.0. The van der Waals surface area contributed by atoms with Crippen molar-refractivity contribution in [2.45, 2.75) is 20.8 Å². The van der Waals surface area contributed by atoms with E-state index in [1.165, 1.54) is 0 Å². The number of carbonyl (C=O) groups excluding carboxylic acids is 1. The fourth-order valence-corrected chi connectivity index (χ4v) is 1.95. The third-order valence-corrected chi connectivity index (χ3v) is 3.41. The lowest BCUT2D eigenvalue weighted by atomic mass is 9.95. The van der Waals surface area contributed by atoms with Crippen LogP contribution in [-0.4, -0.2) is 25.7 Å². The molecule has 1 N–H and O–H groups in total. The van der Waals surface area contributed by atoms with E-state index in [2.05, 4.69) is 20.5 Å². The Morgan fingerprint density at radius 3 is 2.40 bits per heavy atom. The first-order chi connectivity index (χ1) is 11.9. The molecule has 128 valence electrons. The summed E-state index contributed by atoms with van der Waals surface area (Å²) in [5.41, 5.74) is 0.274. The smallest absolute Gasteiger partial charge is 0.238 e. The lowest BCUT2D eigenvalue weighted by Crippen LogP contribution is -2.27. The predicted octanol–water partition coefficient (Wildman–Crippen LogP) is 3.44. The summed E-state index contributed by atoms with van der Waals surface area (Å²) >= 11 is 0. The van der Waals surface area contributed by atoms with Crippen LogP contribution in [0.2, 0.25) is 0 Å². The molecular formula is C18H19N5O2. The van der Waals surface area contributed by atoms with Crippen LogP contribution in [0.4, 0.5) is 5.69 Å². The van der Waals surface area contributed by atoms with Crippen LogP contribution >= 0.6 is 0 Å². The monoisotopic (exact) mass is 337 g/mol. The predicted molar refractivity (Wildman–Crippen MR) is 93.8 cm³/mol. The highest BCUT2D eigenvalue weighted by atomic mass is 16.5. The quantitative estimate of drug-likeness (QED) is 0.788. The molecule has 1 amide bonds. The number of aromatic nitrogens is 4. The number of rotatable bonds is 4. The molecule has 0 unspecified atom stereocenters. The van der Waals surface area contributed by atoms with E-state index in [0.717, 1.165) is 0 Å². The molecule has 25 heavy (non-hydrogen) atoms. The summed E-state index contributed by atoms with van der Waals surface area (Å²) in [6, 6.07) is 10.6. The maximum Gasteiger partial charge on any atom is 0.238 e. The summed E-state index contributed by atoms with van der Waals surface area (Å²) < 4.78 is 7.42. The summed E-state index contributed by atoms with van der Waals surface area (Å²) in [4.78, 5) is 15.9. The fraction of sp³-hybridized carbons (Fsp3) is 0.222. The number of hydrogen-bond donors (Lipinski definition) is 1. The highest BCUT2D eigenvalue weighted by Gasteiger charge is 2.21. The van der Waals surface area contributed by atoms with Gasteiger partial charge >= 0.3 is 0 Å². The zero-order valence-corrected chi connectivity index (χ0v) is 14.3. The number of benzene rings is 1. The molecule has 0 spiro atoms. The second-order valence-electron chi connectivity index (χ2n) is 6.53. The van der Waals surface area contributed by atoms with Gasteiger partial charge in [0.25, 0.3) is 0 Å². The van der Waals surface area contributed by atoms with Gasteiger partial charge in [-0.2, -0.15) is 0 Å². The van der Waals surface area contributed by atoms with Crippen molar-refractivity contribution in [3.8, 4) is 17.4 Å². The van der Waals surface area contributed by atoms with Gasteiger partial charge in [0.2, 0.25) is 11.8 Å². The molecule has 1 aromatic carbocycles. The van der Waals surface area contributed by atoms with Crippen LogP contribution in [0.5, 0.6) is 11.6 Å². The topological polar surface area (TPSA) is 81.9 Å². The van der Waals surface area contributed by atoms with Crippen molar-refractivity contribution < 1.29 is 9.53 Å². The zero-order chi connectivity index (χ0) is 17.9. The Bertz CT molecular complexity index is 835. The van der Waals surface area contributed by atoms with E-state index < -0.39 is 5.41 Å². The van der Waals surface area contributed by atoms with E-state index in [-0.39, 0.29) is 5.91 Å². The van der Waals surface area contributed by atoms with E-state index in [0.29, 0.717) is 23.1 Å². The van der Waals surface area contributed by atoms with Crippen LogP contribution in [0.15, 0.2) is 55.1 Å². The van der Waals surface area contributed by atoms with Gasteiger partial charge < -0.3 is 10.1 Å². The molecule has 2 heterocycles. The van der Waals surface area contributed by atoms with E-state index in [9.17, 15) is 4.79 Å². The van der Waals surface area contributed by atoms with E-state index in [1.807, 2.05) is 20.8 Å². The molecule has 0 aliphatic heterocycles. The van der Waals surface area contributed by atoms with E-state index in [4.69, 9.17) is 4.74 Å². The molecule has 3 aromatic rings. The van der Waals surface area contributed by atoms with Gasteiger partial charge in [0.1, 0.15) is 12.1 Å². The van der Waals surface area contributed by atoms with Crippen molar-refractivity contribution in [3.05, 3.63) is 55.1 Å². The van der Waals surface area contributed by atoms with Crippen LogP contribution in [0, 0.1) is 5.41 Å². The number of carbonyl (C=O) groups is 1. The SMILES string of the molecule is CC(C)(C)C(=O)Nc1ccc(Oc2ccc(-n3ccnc3)nn2)cc1. The number of nitrogens with one attached hydrogen (secondary N) is 1. The molecule has 0 saturated carbocycles. The van der Waals surface area contributed by atoms with Crippen molar-refractivity contribution in [1.82, 2.24) is 19.7 Å². The number of nitrogens with zero attached hydrogens (tertiary/aromatic N) is 4. The van der Waals surface area contributed by atoms with Gasteiger partial charge in [-0.3, -0.25) is 9.36 Å². The highest BCUT2D eigenvalue weighted by molar-refractivity contribution is 5.94. The number of imidazole rings is 1. The number of ether oxygens (including phenoxy) is 1. The molecular weight excluding hydrogens is 318 g/mol. The maximum atomic E-state index is 12.0. The fourth-order valence-electron chi connectivity index (χ4n) is 1.95. The molecule has 0 saturated heterocycles. The largest absolute Gasteiger partial charge is 0.438 e. The van der Waals surface area contributed by atoms with Crippen molar-refractivity contribution >= 4 is 11.6 Å². The summed E-state index contributed by atoms with van der Waals surface area (Å²) in [5.74, 6) is 1.61. The lowest BCUT2D eigenvalue weighted by Gasteiger charge is -2.17. The Kier molecular flexibility index (Phi) is 4.47. The van der Waals surface area contributed by atoms with Crippen LogP contribution in [-0.2, 0) is 4.79 Å². The first kappa shape index (κ1) is 16.6. The lowest BCUT2D eigenvalue weighted by molar-refractivity contribution is -0.123. The van der Waals surface area contributed by atoms with Crippen molar-refractivity contribution in [2.75, 3.05) is 5.32 Å². The normalized spacial score (nSPS) is 11.2. The van der Waals surface area contributed by atoms with Crippen LogP contribution in [0.1, 0.15) is 20.8 Å². The van der Waals surface area contributed by atoms with Gasteiger partial charge in [0.15, 0.2) is 5.82 Å². The second-order valence-corrected chi connectivity index (χ2v) is 6.53. The average Bonchev–Trinajstić information content (AvgIpc) is 3.11. The molecule has 2 aromatic heterocycles. The third-order valence-electron chi connectivity index (χ3n) is 3.41. The first-order valence-electron chi connectivity index (χ1n) is 7.83. The molecule has 0 fully saturated rings.